The number of carbonyl (C=O) groups is 1. The Bertz CT molecular complexity index is 653. The van der Waals surface area contributed by atoms with Gasteiger partial charge in [-0.1, -0.05) is 32.9 Å². The van der Waals surface area contributed by atoms with E-state index < -0.39 is 32.2 Å². The van der Waals surface area contributed by atoms with E-state index in [0.717, 1.165) is 0 Å². The van der Waals surface area contributed by atoms with E-state index in [4.69, 9.17) is 9.16 Å². The van der Waals surface area contributed by atoms with E-state index in [2.05, 4.69) is 39.2 Å². The zero-order valence-corrected chi connectivity index (χ0v) is 19.4. The van der Waals surface area contributed by atoms with Crippen molar-refractivity contribution in [3.8, 4) is 0 Å². The van der Waals surface area contributed by atoms with Crippen LogP contribution in [0.1, 0.15) is 47.1 Å². The largest absolute Gasteiger partial charge is 0.444 e. The first-order chi connectivity index (χ1) is 12.6. The Hall–Kier alpha value is -1.44. The van der Waals surface area contributed by atoms with Gasteiger partial charge in [-0.2, -0.15) is 0 Å². The zero-order valence-electron chi connectivity index (χ0n) is 18.4. The summed E-state index contributed by atoms with van der Waals surface area (Å²) in [7, 11) is -2.20. The first-order valence-electron chi connectivity index (χ1n) is 9.67. The molecule has 0 bridgehead atoms. The van der Waals surface area contributed by atoms with Crippen molar-refractivity contribution in [2.75, 3.05) is 6.61 Å². The normalized spacial score (nSPS) is 15.1. The van der Waals surface area contributed by atoms with Gasteiger partial charge in [0.2, 0.25) is 0 Å². The average molecular weight is 414 g/mol. The smallest absolute Gasteiger partial charge is 0.407 e. The highest BCUT2D eigenvalue weighted by atomic mass is 28.4. The van der Waals surface area contributed by atoms with E-state index in [1.165, 1.54) is 12.1 Å². The third kappa shape index (κ3) is 7.89. The van der Waals surface area contributed by atoms with Crippen molar-refractivity contribution in [1.82, 2.24) is 5.32 Å². The quantitative estimate of drug-likeness (QED) is 0.639. The molecule has 0 aliphatic heterocycles. The lowest BCUT2D eigenvalue weighted by Gasteiger charge is -2.41. The first kappa shape index (κ1) is 24.6. The van der Waals surface area contributed by atoms with E-state index >= 15 is 0 Å². The molecule has 1 aromatic carbocycles. The van der Waals surface area contributed by atoms with Gasteiger partial charge in [0.15, 0.2) is 8.32 Å². The van der Waals surface area contributed by atoms with Gasteiger partial charge in [-0.05, 0) is 63.0 Å². The second-order valence-electron chi connectivity index (χ2n) is 9.69. The van der Waals surface area contributed by atoms with Crippen molar-refractivity contribution >= 4 is 14.4 Å². The number of carbonyl (C=O) groups excluding carboxylic acids is 1. The van der Waals surface area contributed by atoms with E-state index in [9.17, 15) is 14.3 Å². The maximum absolute atomic E-state index is 13.6. The number of benzene rings is 1. The molecule has 1 aromatic rings. The lowest BCUT2D eigenvalue weighted by atomic mass is 10.0. The SMILES string of the molecule is CC(C)(C)OC(=O)N[C@@H](Cc1cccc(F)c1)[C@@H](CO)O[Si](C)(C)C(C)(C)C. The summed E-state index contributed by atoms with van der Waals surface area (Å²) in [5, 5.41) is 12.8. The molecule has 0 aliphatic rings. The number of alkyl carbamates (subject to hydrolysis) is 1. The van der Waals surface area contributed by atoms with Gasteiger partial charge in [0.1, 0.15) is 11.4 Å². The van der Waals surface area contributed by atoms with Crippen LogP contribution < -0.4 is 5.32 Å². The Morgan fingerprint density at radius 1 is 1.21 bits per heavy atom. The molecule has 2 atom stereocenters. The van der Waals surface area contributed by atoms with Crippen molar-refractivity contribution in [2.24, 2.45) is 0 Å². The number of halogens is 1. The highest BCUT2D eigenvalue weighted by molar-refractivity contribution is 6.74. The van der Waals surface area contributed by atoms with Gasteiger partial charge in [0.25, 0.3) is 0 Å². The Kier molecular flexibility index (Phi) is 8.23. The topological polar surface area (TPSA) is 67.8 Å². The molecule has 0 saturated heterocycles. The molecule has 0 aromatic heterocycles. The van der Waals surface area contributed by atoms with Gasteiger partial charge >= 0.3 is 6.09 Å². The molecular weight excluding hydrogens is 377 g/mol. The van der Waals surface area contributed by atoms with Crippen LogP contribution in [-0.2, 0) is 15.6 Å². The number of nitrogens with one attached hydrogen (secondary N) is 1. The molecule has 160 valence electrons. The fraction of sp³-hybridized carbons (Fsp3) is 0.667. The van der Waals surface area contributed by atoms with Crippen LogP contribution in [0.25, 0.3) is 0 Å². The molecule has 0 spiro atoms. The molecule has 1 amide bonds. The Morgan fingerprint density at radius 2 is 1.82 bits per heavy atom. The molecule has 2 N–H and O–H groups in total. The van der Waals surface area contributed by atoms with E-state index in [-0.39, 0.29) is 17.5 Å². The van der Waals surface area contributed by atoms with E-state index in [1.54, 1.807) is 32.9 Å². The van der Waals surface area contributed by atoms with Crippen molar-refractivity contribution < 1.29 is 23.5 Å². The highest BCUT2D eigenvalue weighted by Crippen LogP contribution is 2.37. The maximum atomic E-state index is 13.6. The van der Waals surface area contributed by atoms with Crippen molar-refractivity contribution in [2.45, 2.75) is 83.8 Å². The summed E-state index contributed by atoms with van der Waals surface area (Å²) in [5.41, 5.74) is 0.0565. The summed E-state index contributed by atoms with van der Waals surface area (Å²) in [4.78, 5) is 12.4. The van der Waals surface area contributed by atoms with Gasteiger partial charge in [0, 0.05) is 0 Å². The van der Waals surface area contributed by atoms with Crippen LogP contribution in [-0.4, -0.2) is 43.9 Å². The molecule has 5 nitrogen and oxygen atoms in total. The summed E-state index contributed by atoms with van der Waals surface area (Å²) < 4.78 is 25.4. The summed E-state index contributed by atoms with van der Waals surface area (Å²) >= 11 is 0. The van der Waals surface area contributed by atoms with Gasteiger partial charge in [-0.15, -0.1) is 0 Å². The number of ether oxygens (including phenoxy) is 1. The lowest BCUT2D eigenvalue weighted by Crippen LogP contribution is -2.54. The predicted octanol–water partition coefficient (Wildman–Crippen LogP) is 4.64. The van der Waals surface area contributed by atoms with Crippen LogP contribution in [0.2, 0.25) is 18.1 Å². The van der Waals surface area contributed by atoms with Crippen LogP contribution >= 0.6 is 0 Å². The molecule has 28 heavy (non-hydrogen) atoms. The van der Waals surface area contributed by atoms with Gasteiger partial charge in [-0.3, -0.25) is 0 Å². The molecular formula is C21H36FNO4Si. The Morgan fingerprint density at radius 3 is 2.29 bits per heavy atom. The number of aliphatic hydroxyl groups excluding tert-OH is 1. The molecule has 1 rings (SSSR count). The predicted molar refractivity (Wildman–Crippen MR) is 112 cm³/mol. The third-order valence-corrected chi connectivity index (χ3v) is 9.43. The minimum Gasteiger partial charge on any atom is -0.444 e. The fourth-order valence-corrected chi connectivity index (χ4v) is 3.80. The van der Waals surface area contributed by atoms with Crippen molar-refractivity contribution in [3.05, 3.63) is 35.6 Å². The van der Waals surface area contributed by atoms with Gasteiger partial charge in [0.05, 0.1) is 18.8 Å². The average Bonchev–Trinajstić information content (AvgIpc) is 2.49. The molecule has 0 heterocycles. The number of hydrogen-bond donors (Lipinski definition) is 2. The van der Waals surface area contributed by atoms with Crippen LogP contribution in [0.3, 0.4) is 0 Å². The van der Waals surface area contributed by atoms with Crippen molar-refractivity contribution in [1.29, 1.82) is 0 Å². The number of amides is 1. The zero-order chi connectivity index (χ0) is 21.8. The number of rotatable bonds is 7. The van der Waals surface area contributed by atoms with Crippen LogP contribution in [0, 0.1) is 5.82 Å². The highest BCUT2D eigenvalue weighted by Gasteiger charge is 2.41. The summed E-state index contributed by atoms with van der Waals surface area (Å²) in [6.45, 7) is 15.6. The van der Waals surface area contributed by atoms with Gasteiger partial charge in [-0.25, -0.2) is 9.18 Å². The second-order valence-corrected chi connectivity index (χ2v) is 14.4. The van der Waals surface area contributed by atoms with Crippen molar-refractivity contribution in [3.63, 3.8) is 0 Å². The standard InChI is InChI=1S/C21H36FNO4Si/c1-20(2,3)26-19(25)23-17(13-15-10-9-11-16(22)12-15)18(14-24)27-28(7,8)21(4,5)6/h9-12,17-18,24H,13-14H2,1-8H3,(H,23,25)/t17-,18+/m0/s1. The number of aliphatic hydroxyl groups is 1. The monoisotopic (exact) mass is 413 g/mol. The Balaban J connectivity index is 3.10. The fourth-order valence-electron chi connectivity index (χ4n) is 2.45. The number of hydrogen-bond acceptors (Lipinski definition) is 4. The van der Waals surface area contributed by atoms with Crippen LogP contribution in [0.5, 0.6) is 0 Å². The van der Waals surface area contributed by atoms with Crippen LogP contribution in [0.15, 0.2) is 24.3 Å². The second kappa shape index (κ2) is 9.37. The lowest BCUT2D eigenvalue weighted by molar-refractivity contribution is 0.0350. The Labute approximate surface area is 169 Å². The molecule has 0 unspecified atom stereocenters. The minimum absolute atomic E-state index is 0.0598. The van der Waals surface area contributed by atoms with E-state index in [1.807, 2.05) is 0 Å². The molecule has 0 saturated carbocycles. The molecule has 0 radical (unpaired) electrons. The molecule has 0 aliphatic carbocycles. The van der Waals surface area contributed by atoms with E-state index in [0.29, 0.717) is 12.0 Å². The summed E-state index contributed by atoms with van der Waals surface area (Å²) in [5.74, 6) is -0.348. The maximum Gasteiger partial charge on any atom is 0.407 e. The van der Waals surface area contributed by atoms with Crippen LogP contribution in [0.4, 0.5) is 9.18 Å². The summed E-state index contributed by atoms with van der Waals surface area (Å²) in [6, 6.07) is 5.64. The van der Waals surface area contributed by atoms with Gasteiger partial charge < -0.3 is 19.6 Å². The minimum atomic E-state index is -2.20. The molecule has 7 heteroatoms. The summed E-state index contributed by atoms with van der Waals surface area (Å²) in [6.07, 6.45) is -0.903. The third-order valence-electron chi connectivity index (χ3n) is 4.93. The first-order valence-corrected chi connectivity index (χ1v) is 12.6. The molecule has 0 fully saturated rings.